The second-order valence-corrected chi connectivity index (χ2v) is 3.97. The molecule has 0 aliphatic carbocycles. The molecule has 4 nitrogen and oxygen atoms in total. The van der Waals surface area contributed by atoms with E-state index in [0.29, 0.717) is 11.4 Å². The molecule has 19 heavy (non-hydrogen) atoms. The van der Waals surface area contributed by atoms with E-state index in [0.717, 1.165) is 6.07 Å². The summed E-state index contributed by atoms with van der Waals surface area (Å²) in [5.74, 6) is 0.126. The van der Waals surface area contributed by atoms with E-state index in [1.54, 1.807) is 18.3 Å². The minimum atomic E-state index is -4.45. The maximum atomic E-state index is 12.8. The maximum Gasteiger partial charge on any atom is 0.419 e. The predicted molar refractivity (Wildman–Crippen MR) is 63.7 cm³/mol. The van der Waals surface area contributed by atoms with Crippen LogP contribution in [-0.4, -0.2) is 16.9 Å². The highest BCUT2D eigenvalue weighted by Crippen LogP contribution is 2.36. The number of rotatable bonds is 3. The first-order valence-electron chi connectivity index (χ1n) is 5.43. The average molecular weight is 271 g/mol. The molecule has 0 fully saturated rings. The Kier molecular flexibility index (Phi) is 3.37. The number of methoxy groups -OCH3 is 1. The summed E-state index contributed by atoms with van der Waals surface area (Å²) in [4.78, 5) is 0. The number of hydrogen-bond acceptors (Lipinski definition) is 3. The Balaban J connectivity index is 2.32. The highest BCUT2D eigenvalue weighted by Gasteiger charge is 2.34. The van der Waals surface area contributed by atoms with Gasteiger partial charge in [-0.05, 0) is 23.8 Å². The highest BCUT2D eigenvalue weighted by atomic mass is 19.4. The topological polar surface area (TPSA) is 53.1 Å². The van der Waals surface area contributed by atoms with E-state index in [9.17, 15) is 13.2 Å². The molecule has 1 heterocycles. The fourth-order valence-electron chi connectivity index (χ4n) is 1.73. The molecule has 1 aromatic carbocycles. The van der Waals surface area contributed by atoms with Crippen LogP contribution < -0.4 is 10.5 Å². The van der Waals surface area contributed by atoms with Crippen LogP contribution in [0.5, 0.6) is 5.75 Å². The molecule has 102 valence electrons. The third-order valence-corrected chi connectivity index (χ3v) is 2.58. The monoisotopic (exact) mass is 271 g/mol. The molecule has 0 unspecified atom stereocenters. The third-order valence-electron chi connectivity index (χ3n) is 2.58. The largest absolute Gasteiger partial charge is 0.496 e. The van der Waals surface area contributed by atoms with Crippen molar-refractivity contribution >= 4 is 5.82 Å². The SMILES string of the molecule is COc1ccc(Cn2ccc(N)n2)cc1C(F)(F)F. The molecule has 2 aromatic rings. The van der Waals surface area contributed by atoms with Gasteiger partial charge in [0.25, 0.3) is 0 Å². The number of alkyl halides is 3. The number of halogens is 3. The lowest BCUT2D eigenvalue weighted by molar-refractivity contribution is -0.138. The van der Waals surface area contributed by atoms with Crippen LogP contribution in [0.25, 0.3) is 0 Å². The first-order valence-corrected chi connectivity index (χ1v) is 5.43. The Labute approximate surface area is 107 Å². The van der Waals surface area contributed by atoms with Gasteiger partial charge in [0.15, 0.2) is 0 Å². The molecule has 0 bridgehead atoms. The average Bonchev–Trinajstić information content (AvgIpc) is 2.73. The molecule has 2 rings (SSSR count). The second kappa shape index (κ2) is 4.83. The van der Waals surface area contributed by atoms with Gasteiger partial charge in [-0.3, -0.25) is 4.68 Å². The second-order valence-electron chi connectivity index (χ2n) is 3.97. The minimum absolute atomic E-state index is 0.198. The number of aromatic nitrogens is 2. The summed E-state index contributed by atoms with van der Waals surface area (Å²) in [6.07, 6.45) is -2.85. The summed E-state index contributed by atoms with van der Waals surface area (Å²) in [7, 11) is 1.21. The molecule has 0 radical (unpaired) electrons. The number of benzene rings is 1. The van der Waals surface area contributed by atoms with Gasteiger partial charge in [0.05, 0.1) is 19.2 Å². The van der Waals surface area contributed by atoms with Gasteiger partial charge in [0.2, 0.25) is 0 Å². The Morgan fingerprint density at radius 1 is 1.32 bits per heavy atom. The number of hydrogen-bond donors (Lipinski definition) is 1. The zero-order valence-corrected chi connectivity index (χ0v) is 10.1. The van der Waals surface area contributed by atoms with Crippen LogP contribution in [0.2, 0.25) is 0 Å². The number of nitrogens with zero attached hydrogens (tertiary/aromatic N) is 2. The summed E-state index contributed by atoms with van der Waals surface area (Å²) in [5, 5.41) is 3.92. The molecule has 0 spiro atoms. The van der Waals surface area contributed by atoms with E-state index in [2.05, 4.69) is 5.10 Å². The van der Waals surface area contributed by atoms with Crippen LogP contribution in [0, 0.1) is 0 Å². The fourth-order valence-corrected chi connectivity index (χ4v) is 1.73. The molecule has 0 aliphatic heterocycles. The van der Waals surface area contributed by atoms with Gasteiger partial charge in [0, 0.05) is 6.20 Å². The first kappa shape index (κ1) is 13.3. The zero-order chi connectivity index (χ0) is 14.0. The number of nitrogen functional groups attached to an aromatic ring is 1. The molecule has 0 aliphatic rings. The zero-order valence-electron chi connectivity index (χ0n) is 10.1. The molecule has 7 heteroatoms. The van der Waals surface area contributed by atoms with Crippen molar-refractivity contribution in [1.82, 2.24) is 9.78 Å². The summed E-state index contributed by atoms with van der Waals surface area (Å²) in [5.41, 5.74) is 5.12. The van der Waals surface area contributed by atoms with Crippen LogP contribution in [0.4, 0.5) is 19.0 Å². The quantitative estimate of drug-likeness (QED) is 0.933. The molecule has 1 aromatic heterocycles. The van der Waals surface area contributed by atoms with E-state index in [4.69, 9.17) is 10.5 Å². The summed E-state index contributed by atoms with van der Waals surface area (Å²) < 4.78 is 44.7. The Hall–Kier alpha value is -2.18. The van der Waals surface area contributed by atoms with Crippen molar-refractivity contribution in [2.24, 2.45) is 0 Å². The van der Waals surface area contributed by atoms with Crippen LogP contribution in [0.3, 0.4) is 0 Å². The van der Waals surface area contributed by atoms with Crippen molar-refractivity contribution < 1.29 is 17.9 Å². The molecule has 0 saturated carbocycles. The molecular weight excluding hydrogens is 259 g/mol. The van der Waals surface area contributed by atoms with Crippen molar-refractivity contribution in [2.75, 3.05) is 12.8 Å². The summed E-state index contributed by atoms with van der Waals surface area (Å²) >= 11 is 0. The standard InChI is InChI=1S/C12H12F3N3O/c1-19-10-3-2-8(6-9(10)12(13,14)15)7-18-5-4-11(16)17-18/h2-6H,7H2,1H3,(H2,16,17). The predicted octanol–water partition coefficient (Wildman–Crippen LogP) is 2.54. The van der Waals surface area contributed by atoms with E-state index < -0.39 is 11.7 Å². The van der Waals surface area contributed by atoms with Gasteiger partial charge in [-0.15, -0.1) is 0 Å². The molecular formula is C12H12F3N3O. The maximum absolute atomic E-state index is 12.8. The number of ether oxygens (including phenoxy) is 1. The first-order chi connectivity index (χ1) is 8.90. The van der Waals surface area contributed by atoms with Crippen molar-refractivity contribution in [3.05, 3.63) is 41.6 Å². The van der Waals surface area contributed by atoms with Gasteiger partial charge >= 0.3 is 6.18 Å². The van der Waals surface area contributed by atoms with Gasteiger partial charge < -0.3 is 10.5 Å². The van der Waals surface area contributed by atoms with Crippen molar-refractivity contribution in [3.63, 3.8) is 0 Å². The highest BCUT2D eigenvalue weighted by molar-refractivity contribution is 5.39. The van der Waals surface area contributed by atoms with Gasteiger partial charge in [0.1, 0.15) is 11.6 Å². The van der Waals surface area contributed by atoms with Gasteiger partial charge in [-0.2, -0.15) is 18.3 Å². The van der Waals surface area contributed by atoms with Crippen LogP contribution in [0.1, 0.15) is 11.1 Å². The fraction of sp³-hybridized carbons (Fsp3) is 0.250. The van der Waals surface area contributed by atoms with Gasteiger partial charge in [-0.25, -0.2) is 0 Å². The van der Waals surface area contributed by atoms with E-state index in [1.165, 1.54) is 17.9 Å². The van der Waals surface area contributed by atoms with Crippen molar-refractivity contribution in [1.29, 1.82) is 0 Å². The van der Waals surface area contributed by atoms with Crippen LogP contribution >= 0.6 is 0 Å². The van der Waals surface area contributed by atoms with Crippen molar-refractivity contribution in [3.8, 4) is 5.75 Å². The normalized spacial score (nSPS) is 11.6. The van der Waals surface area contributed by atoms with E-state index in [-0.39, 0.29) is 12.3 Å². The summed E-state index contributed by atoms with van der Waals surface area (Å²) in [6, 6.07) is 5.49. The van der Waals surface area contributed by atoms with E-state index in [1.807, 2.05) is 0 Å². The van der Waals surface area contributed by atoms with E-state index >= 15 is 0 Å². The van der Waals surface area contributed by atoms with Crippen molar-refractivity contribution in [2.45, 2.75) is 12.7 Å². The lowest BCUT2D eigenvalue weighted by Crippen LogP contribution is -2.09. The Bertz CT molecular complexity index is 578. The Morgan fingerprint density at radius 3 is 2.58 bits per heavy atom. The molecule has 0 atom stereocenters. The molecule has 2 N–H and O–H groups in total. The molecule has 0 saturated heterocycles. The summed E-state index contributed by atoms with van der Waals surface area (Å²) in [6.45, 7) is 0.213. The van der Waals surface area contributed by atoms with Crippen LogP contribution in [-0.2, 0) is 12.7 Å². The Morgan fingerprint density at radius 2 is 2.05 bits per heavy atom. The number of anilines is 1. The van der Waals surface area contributed by atoms with Crippen LogP contribution in [0.15, 0.2) is 30.5 Å². The molecule has 0 amide bonds. The van der Waals surface area contributed by atoms with Gasteiger partial charge in [-0.1, -0.05) is 6.07 Å². The third kappa shape index (κ3) is 2.98. The number of nitrogens with two attached hydrogens (primary N) is 1. The smallest absolute Gasteiger partial charge is 0.419 e. The lowest BCUT2D eigenvalue weighted by Gasteiger charge is -2.13. The minimum Gasteiger partial charge on any atom is -0.496 e. The lowest BCUT2D eigenvalue weighted by atomic mass is 10.1.